The fourth-order valence-corrected chi connectivity index (χ4v) is 7.43. The summed E-state index contributed by atoms with van der Waals surface area (Å²) in [5, 5.41) is 7.78. The Bertz CT molecular complexity index is 2540. The summed E-state index contributed by atoms with van der Waals surface area (Å²) in [6, 6.07) is 55.3. The van der Waals surface area contributed by atoms with E-state index < -0.39 is 0 Å². The summed E-state index contributed by atoms with van der Waals surface area (Å²) < 4.78 is 0. The lowest BCUT2D eigenvalue weighted by atomic mass is 9.89. The largest absolute Gasteiger partial charge is 0.376 e. The lowest BCUT2D eigenvalue weighted by Gasteiger charge is -2.21. The Labute approximate surface area is 286 Å². The molecule has 8 aromatic rings. The molecule has 0 N–H and O–H groups in total. The second-order valence-corrected chi connectivity index (χ2v) is 12.9. The van der Waals surface area contributed by atoms with Gasteiger partial charge in [0.2, 0.25) is 0 Å². The SMILES string of the molecule is CN1C=CC=C(c2cc(-c3ccccn3)cc(-c3ccccc3-c3ccc(-c4ccc5c6ccccc6c6ccccc6c5c4)cc3)c2)C1. The molecule has 0 spiro atoms. The summed E-state index contributed by atoms with van der Waals surface area (Å²) in [6.45, 7) is 0.867. The van der Waals surface area contributed by atoms with Crippen LogP contribution in [0.4, 0.5) is 0 Å². The van der Waals surface area contributed by atoms with Gasteiger partial charge >= 0.3 is 0 Å². The van der Waals surface area contributed by atoms with Gasteiger partial charge in [-0.05, 0) is 126 Å². The molecular weight excluding hydrogens is 593 g/mol. The van der Waals surface area contributed by atoms with Crippen LogP contribution in [0.2, 0.25) is 0 Å². The highest BCUT2D eigenvalue weighted by molar-refractivity contribution is 6.25. The fraction of sp³-hybridized carbons (Fsp3) is 0.0426. The number of benzene rings is 7. The molecule has 0 saturated carbocycles. The number of aromatic nitrogens is 1. The number of likely N-dealkylation sites (N-methyl/N-ethyl adjacent to an activating group) is 1. The number of nitrogens with zero attached hydrogens (tertiary/aromatic N) is 2. The predicted octanol–water partition coefficient (Wildman–Crippen LogP) is 12.1. The zero-order valence-electron chi connectivity index (χ0n) is 27.3. The van der Waals surface area contributed by atoms with E-state index in [9.17, 15) is 0 Å². The van der Waals surface area contributed by atoms with Crippen molar-refractivity contribution in [2.45, 2.75) is 0 Å². The Morgan fingerprint density at radius 2 is 1.00 bits per heavy atom. The third-order valence-electron chi connectivity index (χ3n) is 9.83. The molecule has 0 unspecified atom stereocenters. The van der Waals surface area contributed by atoms with E-state index in [-0.39, 0.29) is 0 Å². The Hall–Kier alpha value is -6.25. The zero-order chi connectivity index (χ0) is 32.7. The second kappa shape index (κ2) is 12.1. The van der Waals surface area contributed by atoms with Crippen LogP contribution in [0, 0.1) is 0 Å². The summed E-state index contributed by atoms with van der Waals surface area (Å²) in [7, 11) is 2.12. The van der Waals surface area contributed by atoms with Gasteiger partial charge in [-0.1, -0.05) is 121 Å². The van der Waals surface area contributed by atoms with Gasteiger partial charge in [-0.25, -0.2) is 0 Å². The van der Waals surface area contributed by atoms with Crippen molar-refractivity contribution >= 4 is 37.9 Å². The third kappa shape index (κ3) is 5.28. The Balaban J connectivity index is 1.13. The molecule has 0 saturated heterocycles. The highest BCUT2D eigenvalue weighted by Crippen LogP contribution is 2.39. The predicted molar refractivity (Wildman–Crippen MR) is 208 cm³/mol. The summed E-state index contributed by atoms with van der Waals surface area (Å²) in [4.78, 5) is 6.93. The molecule has 0 fully saturated rings. The molecular formula is C47H34N2. The van der Waals surface area contributed by atoms with Crippen LogP contribution in [0.5, 0.6) is 0 Å². The number of pyridine rings is 1. The van der Waals surface area contributed by atoms with E-state index in [4.69, 9.17) is 4.98 Å². The maximum absolute atomic E-state index is 4.71. The summed E-state index contributed by atoms with van der Waals surface area (Å²) >= 11 is 0. The Morgan fingerprint density at radius 3 is 1.67 bits per heavy atom. The Morgan fingerprint density at radius 1 is 0.449 bits per heavy atom. The van der Waals surface area contributed by atoms with Crippen molar-refractivity contribution in [3.63, 3.8) is 0 Å². The van der Waals surface area contributed by atoms with Crippen molar-refractivity contribution in [1.29, 1.82) is 0 Å². The molecule has 9 rings (SSSR count). The number of allylic oxidation sites excluding steroid dienone is 2. The molecule has 0 atom stereocenters. The van der Waals surface area contributed by atoms with Crippen LogP contribution < -0.4 is 0 Å². The van der Waals surface area contributed by atoms with Crippen molar-refractivity contribution in [1.82, 2.24) is 9.88 Å². The zero-order valence-corrected chi connectivity index (χ0v) is 27.3. The molecule has 232 valence electrons. The minimum atomic E-state index is 0.867. The standard InChI is InChI=1S/C47H34N2/c1-49-26-10-11-35(31-49)36-27-37(29-38(28-36)47-18-8-9-25-48-47)40-13-3-2-12-39(40)33-21-19-32(20-22-33)34-23-24-45-43-16-5-4-14-41(43)42-15-6-7-17-44(42)46(45)30-34/h2-30H,31H2,1H3. The van der Waals surface area contributed by atoms with Crippen molar-refractivity contribution in [2.75, 3.05) is 13.6 Å². The fourth-order valence-electron chi connectivity index (χ4n) is 7.43. The van der Waals surface area contributed by atoms with Gasteiger partial charge in [-0.15, -0.1) is 0 Å². The molecule has 1 aromatic heterocycles. The van der Waals surface area contributed by atoms with E-state index in [0.29, 0.717) is 0 Å². The van der Waals surface area contributed by atoms with Gasteiger partial charge in [-0.2, -0.15) is 0 Å². The van der Waals surface area contributed by atoms with Crippen molar-refractivity contribution in [3.05, 3.63) is 182 Å². The number of rotatable bonds is 5. The number of fused-ring (bicyclic) bond motifs is 6. The van der Waals surface area contributed by atoms with Crippen molar-refractivity contribution in [2.24, 2.45) is 0 Å². The topological polar surface area (TPSA) is 16.1 Å². The molecule has 49 heavy (non-hydrogen) atoms. The maximum atomic E-state index is 4.71. The van der Waals surface area contributed by atoms with Crippen LogP contribution in [-0.4, -0.2) is 23.5 Å². The molecule has 0 bridgehead atoms. The van der Waals surface area contributed by atoms with E-state index in [0.717, 1.165) is 17.8 Å². The van der Waals surface area contributed by atoms with Gasteiger partial charge in [0, 0.05) is 25.4 Å². The quantitative estimate of drug-likeness (QED) is 0.177. The van der Waals surface area contributed by atoms with E-state index in [1.165, 1.54) is 76.8 Å². The minimum Gasteiger partial charge on any atom is -0.376 e. The van der Waals surface area contributed by atoms with Crippen LogP contribution in [0.25, 0.3) is 82.5 Å². The van der Waals surface area contributed by atoms with Crippen molar-refractivity contribution in [3.8, 4) is 44.6 Å². The summed E-state index contributed by atoms with van der Waals surface area (Å²) in [6.07, 6.45) is 8.34. The lowest BCUT2D eigenvalue weighted by molar-refractivity contribution is 0.512. The van der Waals surface area contributed by atoms with E-state index in [2.05, 4.69) is 176 Å². The molecule has 0 radical (unpaired) electrons. The first-order chi connectivity index (χ1) is 24.2. The van der Waals surface area contributed by atoms with Crippen LogP contribution >= 0.6 is 0 Å². The molecule has 2 heteroatoms. The van der Waals surface area contributed by atoms with Crippen molar-refractivity contribution < 1.29 is 0 Å². The third-order valence-corrected chi connectivity index (χ3v) is 9.83. The first kappa shape index (κ1) is 28.9. The van der Waals surface area contributed by atoms with E-state index in [1.54, 1.807) is 0 Å². The monoisotopic (exact) mass is 626 g/mol. The maximum Gasteiger partial charge on any atom is 0.0702 e. The summed E-state index contributed by atoms with van der Waals surface area (Å²) in [5.41, 5.74) is 11.8. The van der Waals surface area contributed by atoms with Gasteiger partial charge in [0.1, 0.15) is 0 Å². The van der Waals surface area contributed by atoms with Crippen LogP contribution in [0.3, 0.4) is 0 Å². The van der Waals surface area contributed by atoms with Crippen LogP contribution in [0.15, 0.2) is 176 Å². The average molecular weight is 627 g/mol. The van der Waals surface area contributed by atoms with Crippen LogP contribution in [0.1, 0.15) is 5.56 Å². The van der Waals surface area contributed by atoms with E-state index >= 15 is 0 Å². The normalized spacial score (nSPS) is 12.9. The first-order valence-corrected chi connectivity index (χ1v) is 16.9. The second-order valence-electron chi connectivity index (χ2n) is 12.9. The first-order valence-electron chi connectivity index (χ1n) is 16.9. The smallest absolute Gasteiger partial charge is 0.0702 e. The number of hydrogen-bond donors (Lipinski definition) is 0. The molecule has 7 aromatic carbocycles. The van der Waals surface area contributed by atoms with Gasteiger partial charge in [0.05, 0.1) is 5.69 Å². The molecule has 2 nitrogen and oxygen atoms in total. The molecule has 1 aliphatic rings. The van der Waals surface area contributed by atoms with E-state index in [1.807, 2.05) is 12.3 Å². The van der Waals surface area contributed by atoms with Crippen LogP contribution in [-0.2, 0) is 0 Å². The molecule has 0 aliphatic carbocycles. The summed E-state index contributed by atoms with van der Waals surface area (Å²) in [5.74, 6) is 0. The van der Waals surface area contributed by atoms with Gasteiger partial charge < -0.3 is 4.90 Å². The number of hydrogen-bond acceptors (Lipinski definition) is 2. The van der Waals surface area contributed by atoms with Gasteiger partial charge in [0.15, 0.2) is 0 Å². The molecule has 1 aliphatic heterocycles. The lowest BCUT2D eigenvalue weighted by Crippen LogP contribution is -2.16. The molecule has 2 heterocycles. The highest BCUT2D eigenvalue weighted by atomic mass is 15.1. The Kier molecular flexibility index (Phi) is 7.13. The van der Waals surface area contributed by atoms with Gasteiger partial charge in [-0.3, -0.25) is 4.98 Å². The molecule has 0 amide bonds. The highest BCUT2D eigenvalue weighted by Gasteiger charge is 2.15. The minimum absolute atomic E-state index is 0.867. The average Bonchev–Trinajstić information content (AvgIpc) is 3.18. The van der Waals surface area contributed by atoms with Gasteiger partial charge in [0.25, 0.3) is 0 Å².